The van der Waals surface area contributed by atoms with E-state index in [2.05, 4.69) is 16.9 Å². The molecule has 0 saturated carbocycles. The predicted octanol–water partition coefficient (Wildman–Crippen LogP) is 2.96. The van der Waals surface area contributed by atoms with E-state index in [4.69, 9.17) is 0 Å². The third-order valence-electron chi connectivity index (χ3n) is 2.86. The lowest BCUT2D eigenvalue weighted by molar-refractivity contribution is -0.383. The summed E-state index contributed by atoms with van der Waals surface area (Å²) in [6.45, 7) is 2.06. The summed E-state index contributed by atoms with van der Waals surface area (Å²) in [6, 6.07) is 7.31. The number of nitro benzene ring substituents is 1. The zero-order chi connectivity index (χ0) is 12.7. The Morgan fingerprint density at radius 2 is 2.39 bits per heavy atom. The number of non-ortho nitro benzene ring substituents is 1. The van der Waals surface area contributed by atoms with Crippen LogP contribution in [0.2, 0.25) is 0 Å². The number of hydrogen-bond acceptors (Lipinski definition) is 4. The molecule has 0 spiro atoms. The van der Waals surface area contributed by atoms with Crippen molar-refractivity contribution in [3.63, 3.8) is 0 Å². The van der Waals surface area contributed by atoms with Crippen LogP contribution in [0.3, 0.4) is 0 Å². The molecule has 6 heteroatoms. The molecule has 0 radical (unpaired) electrons. The maximum Gasteiger partial charge on any atom is 0.293 e. The number of nitro groups is 1. The molecule has 0 aliphatic carbocycles. The number of hydrogen-bond donors (Lipinski definition) is 1. The molecule has 2 aromatic rings. The van der Waals surface area contributed by atoms with Crippen molar-refractivity contribution in [3.8, 4) is 0 Å². The van der Waals surface area contributed by atoms with Crippen LogP contribution >= 0.6 is 11.8 Å². The first-order valence-corrected chi connectivity index (χ1v) is 6.61. The number of fused-ring (bicyclic) bond motifs is 1. The standard InChI is InChI=1S/C12H11N3O2S/c1-7-6-18-12(13-7)9-5-8-3-2-4-10(15(16)17)11(8)14-9/h2-5,7,14H,6H2,1H3/t7-/m1/s1. The zero-order valence-electron chi connectivity index (χ0n) is 9.71. The average molecular weight is 261 g/mol. The smallest absolute Gasteiger partial charge is 0.293 e. The molecule has 18 heavy (non-hydrogen) atoms. The number of aromatic amines is 1. The van der Waals surface area contributed by atoms with E-state index in [1.54, 1.807) is 17.8 Å². The fraction of sp³-hybridized carbons (Fsp3) is 0.250. The highest BCUT2D eigenvalue weighted by atomic mass is 32.2. The molecule has 1 N–H and O–H groups in total. The van der Waals surface area contributed by atoms with Crippen molar-refractivity contribution in [1.82, 2.24) is 4.98 Å². The number of aliphatic imine (C=N–C) groups is 1. The maximum atomic E-state index is 10.9. The van der Waals surface area contributed by atoms with E-state index in [1.807, 2.05) is 12.1 Å². The van der Waals surface area contributed by atoms with Crippen molar-refractivity contribution in [3.05, 3.63) is 40.1 Å². The second-order valence-corrected chi connectivity index (χ2v) is 5.28. The highest BCUT2D eigenvalue weighted by Crippen LogP contribution is 2.29. The first-order valence-electron chi connectivity index (χ1n) is 5.62. The highest BCUT2D eigenvalue weighted by Gasteiger charge is 2.20. The number of thioether (sulfide) groups is 1. The normalized spacial score (nSPS) is 19.2. The Hall–Kier alpha value is -1.82. The summed E-state index contributed by atoms with van der Waals surface area (Å²) in [5.74, 6) is 0.965. The molecule has 0 amide bonds. The average Bonchev–Trinajstić information content (AvgIpc) is 2.93. The van der Waals surface area contributed by atoms with Gasteiger partial charge in [0, 0.05) is 17.2 Å². The second kappa shape index (κ2) is 4.13. The van der Waals surface area contributed by atoms with Crippen LogP contribution in [0.25, 0.3) is 10.9 Å². The van der Waals surface area contributed by atoms with Gasteiger partial charge in [0.25, 0.3) is 5.69 Å². The van der Waals surface area contributed by atoms with E-state index in [0.717, 1.165) is 21.9 Å². The van der Waals surface area contributed by atoms with Gasteiger partial charge in [0.05, 0.1) is 16.7 Å². The highest BCUT2D eigenvalue weighted by molar-refractivity contribution is 8.14. The summed E-state index contributed by atoms with van der Waals surface area (Å²) in [4.78, 5) is 18.2. The van der Waals surface area contributed by atoms with Crippen molar-refractivity contribution in [1.29, 1.82) is 0 Å². The Kier molecular flexibility index (Phi) is 2.59. The van der Waals surface area contributed by atoms with Crippen molar-refractivity contribution in [2.75, 3.05) is 5.75 Å². The summed E-state index contributed by atoms with van der Waals surface area (Å²) < 4.78 is 0. The molecule has 1 aromatic heterocycles. The summed E-state index contributed by atoms with van der Waals surface area (Å²) in [7, 11) is 0. The molecule has 2 heterocycles. The van der Waals surface area contributed by atoms with E-state index in [-0.39, 0.29) is 10.6 Å². The Bertz CT molecular complexity index is 662. The molecule has 92 valence electrons. The van der Waals surface area contributed by atoms with E-state index in [0.29, 0.717) is 11.6 Å². The Labute approximate surface area is 107 Å². The molecule has 3 rings (SSSR count). The Morgan fingerprint density at radius 3 is 3.06 bits per heavy atom. The molecule has 1 atom stereocenters. The third-order valence-corrected chi connectivity index (χ3v) is 4.11. The van der Waals surface area contributed by atoms with Gasteiger partial charge in [-0.05, 0) is 13.0 Å². The molecule has 0 saturated heterocycles. The third kappa shape index (κ3) is 1.78. The molecular formula is C12H11N3O2S. The predicted molar refractivity (Wildman–Crippen MR) is 73.4 cm³/mol. The maximum absolute atomic E-state index is 10.9. The Morgan fingerprint density at radius 1 is 1.56 bits per heavy atom. The molecule has 1 aromatic carbocycles. The number of rotatable bonds is 2. The fourth-order valence-corrected chi connectivity index (χ4v) is 3.02. The first-order chi connectivity index (χ1) is 8.65. The van der Waals surface area contributed by atoms with Crippen molar-refractivity contribution in [2.24, 2.45) is 4.99 Å². The molecule has 1 aliphatic heterocycles. The van der Waals surface area contributed by atoms with Crippen LogP contribution in [0.15, 0.2) is 29.3 Å². The number of para-hydroxylation sites is 1. The number of nitrogens with zero attached hydrogens (tertiary/aromatic N) is 2. The minimum Gasteiger partial charge on any atom is -0.347 e. The van der Waals surface area contributed by atoms with Crippen molar-refractivity contribution < 1.29 is 4.92 Å². The van der Waals surface area contributed by atoms with Gasteiger partial charge in [0.1, 0.15) is 10.6 Å². The molecule has 0 bridgehead atoms. The SMILES string of the molecule is C[C@@H]1CSC(c2cc3cccc([N+](=O)[O-])c3[nH]2)=N1. The van der Waals surface area contributed by atoms with Gasteiger partial charge in [-0.1, -0.05) is 12.1 Å². The number of benzene rings is 1. The van der Waals surface area contributed by atoms with Crippen LogP contribution in [-0.2, 0) is 0 Å². The lowest BCUT2D eigenvalue weighted by atomic mass is 10.2. The van der Waals surface area contributed by atoms with E-state index < -0.39 is 0 Å². The van der Waals surface area contributed by atoms with Crippen LogP contribution in [-0.4, -0.2) is 26.7 Å². The largest absolute Gasteiger partial charge is 0.347 e. The van der Waals surface area contributed by atoms with Crippen molar-refractivity contribution >= 4 is 33.4 Å². The summed E-state index contributed by atoms with van der Waals surface area (Å²) in [5.41, 5.74) is 1.55. The van der Waals surface area contributed by atoms with Gasteiger partial charge in [-0.15, -0.1) is 11.8 Å². The Balaban J connectivity index is 2.14. The molecule has 0 fully saturated rings. The molecule has 5 nitrogen and oxygen atoms in total. The van der Waals surface area contributed by atoms with E-state index in [9.17, 15) is 10.1 Å². The lowest BCUT2D eigenvalue weighted by Crippen LogP contribution is -1.93. The van der Waals surface area contributed by atoms with Crippen LogP contribution in [0.4, 0.5) is 5.69 Å². The van der Waals surface area contributed by atoms with Gasteiger partial charge < -0.3 is 4.98 Å². The van der Waals surface area contributed by atoms with E-state index in [1.165, 1.54) is 6.07 Å². The van der Waals surface area contributed by atoms with Crippen molar-refractivity contribution in [2.45, 2.75) is 13.0 Å². The number of H-pyrrole nitrogens is 1. The van der Waals surface area contributed by atoms with Gasteiger partial charge in [0.15, 0.2) is 0 Å². The fourth-order valence-electron chi connectivity index (χ4n) is 2.03. The van der Waals surface area contributed by atoms with Crippen LogP contribution in [0.1, 0.15) is 12.6 Å². The summed E-state index contributed by atoms with van der Waals surface area (Å²) in [5, 5.41) is 12.7. The monoisotopic (exact) mass is 261 g/mol. The van der Waals surface area contributed by atoms with Gasteiger partial charge in [-0.2, -0.15) is 0 Å². The topological polar surface area (TPSA) is 71.3 Å². The van der Waals surface area contributed by atoms with Crippen LogP contribution < -0.4 is 0 Å². The molecule has 1 aliphatic rings. The molecule has 0 unspecified atom stereocenters. The quantitative estimate of drug-likeness (QED) is 0.667. The number of nitrogens with one attached hydrogen (secondary N) is 1. The molecular weight excluding hydrogens is 250 g/mol. The lowest BCUT2D eigenvalue weighted by Gasteiger charge is -1.94. The number of aromatic nitrogens is 1. The van der Waals surface area contributed by atoms with Gasteiger partial charge in [-0.25, -0.2) is 0 Å². The minimum atomic E-state index is -0.366. The summed E-state index contributed by atoms with van der Waals surface area (Å²) >= 11 is 1.68. The first kappa shape index (κ1) is 11.3. The summed E-state index contributed by atoms with van der Waals surface area (Å²) in [6.07, 6.45) is 0. The minimum absolute atomic E-state index is 0.107. The zero-order valence-corrected chi connectivity index (χ0v) is 10.5. The van der Waals surface area contributed by atoms with Gasteiger partial charge in [0.2, 0.25) is 0 Å². The van der Waals surface area contributed by atoms with Gasteiger partial charge >= 0.3 is 0 Å². The second-order valence-electron chi connectivity index (χ2n) is 4.28. The van der Waals surface area contributed by atoms with Crippen LogP contribution in [0.5, 0.6) is 0 Å². The van der Waals surface area contributed by atoms with Crippen LogP contribution in [0, 0.1) is 10.1 Å². The van der Waals surface area contributed by atoms with Gasteiger partial charge in [-0.3, -0.25) is 15.1 Å². The van der Waals surface area contributed by atoms with E-state index >= 15 is 0 Å².